The van der Waals surface area contributed by atoms with Gasteiger partial charge in [0, 0.05) is 22.2 Å². The van der Waals surface area contributed by atoms with Gasteiger partial charge < -0.3 is 5.11 Å². The van der Waals surface area contributed by atoms with Gasteiger partial charge in [-0.3, -0.25) is 9.69 Å². The first-order valence-corrected chi connectivity index (χ1v) is 7.88. The van der Waals surface area contributed by atoms with E-state index in [1.165, 1.54) is 4.90 Å². The molecule has 0 aliphatic carbocycles. The van der Waals surface area contributed by atoms with Crippen molar-refractivity contribution in [3.05, 3.63) is 29.3 Å². The molecule has 112 valence electrons. The van der Waals surface area contributed by atoms with Crippen molar-refractivity contribution >= 4 is 41.7 Å². The van der Waals surface area contributed by atoms with Gasteiger partial charge in [-0.05, 0) is 43.7 Å². The molecule has 0 amide bonds. The van der Waals surface area contributed by atoms with Gasteiger partial charge in [-0.25, -0.2) is 0 Å². The zero-order valence-electron chi connectivity index (χ0n) is 11.1. The third-order valence-corrected chi connectivity index (χ3v) is 4.60. The van der Waals surface area contributed by atoms with Crippen molar-refractivity contribution in [3.8, 4) is 0 Å². The molecule has 3 nitrogen and oxygen atoms in total. The van der Waals surface area contributed by atoms with Crippen molar-refractivity contribution in [2.45, 2.75) is 30.2 Å². The normalized spacial score (nSPS) is 19.4. The highest BCUT2D eigenvalue weighted by Gasteiger charge is 2.27. The highest BCUT2D eigenvalue weighted by atomic mass is 35.5. The molecule has 6 heteroatoms. The second-order valence-corrected chi connectivity index (χ2v) is 6.29. The standard InChI is InChI=1S/C14H18ClNO2S.ClH/c15-11-4-6-12(7-5-11)19-10-9-16-8-2-1-3-13(16)14(17)18;/h4-7,13H,1-3,8-10H2,(H,17,18);1H. The van der Waals surface area contributed by atoms with Crippen molar-refractivity contribution in [1.82, 2.24) is 4.90 Å². The zero-order chi connectivity index (χ0) is 13.7. The molecule has 1 aliphatic rings. The van der Waals surface area contributed by atoms with Crippen molar-refractivity contribution < 1.29 is 9.90 Å². The number of likely N-dealkylation sites (tertiary alicyclic amines) is 1. The summed E-state index contributed by atoms with van der Waals surface area (Å²) in [7, 11) is 0. The Labute approximate surface area is 135 Å². The number of carboxylic acids is 1. The molecular formula is C14H19Cl2NO2S. The summed E-state index contributed by atoms with van der Waals surface area (Å²) in [5.41, 5.74) is 0. The lowest BCUT2D eigenvalue weighted by atomic mass is 10.0. The third kappa shape index (κ3) is 5.17. The van der Waals surface area contributed by atoms with E-state index in [0.717, 1.165) is 43.1 Å². The molecule has 1 aliphatic heterocycles. The molecule has 1 atom stereocenters. The van der Waals surface area contributed by atoms with Crippen LogP contribution in [0, 0.1) is 0 Å². The van der Waals surface area contributed by atoms with Gasteiger partial charge in [-0.15, -0.1) is 24.2 Å². The highest BCUT2D eigenvalue weighted by molar-refractivity contribution is 7.99. The van der Waals surface area contributed by atoms with Crippen molar-refractivity contribution in [3.63, 3.8) is 0 Å². The molecule has 1 aromatic carbocycles. The van der Waals surface area contributed by atoms with E-state index in [1.807, 2.05) is 24.3 Å². The number of rotatable bonds is 5. The van der Waals surface area contributed by atoms with Crippen LogP contribution >= 0.6 is 35.8 Å². The molecule has 0 aromatic heterocycles. The first-order chi connectivity index (χ1) is 9.16. The van der Waals surface area contributed by atoms with E-state index in [0.29, 0.717) is 0 Å². The predicted octanol–water partition coefficient (Wildman–Crippen LogP) is 3.79. The Morgan fingerprint density at radius 2 is 2.05 bits per heavy atom. The Hall–Kier alpha value is -0.420. The topological polar surface area (TPSA) is 40.5 Å². The Kier molecular flexibility index (Phi) is 7.74. The quantitative estimate of drug-likeness (QED) is 0.831. The van der Waals surface area contributed by atoms with E-state index in [1.54, 1.807) is 11.8 Å². The SMILES string of the molecule is Cl.O=C(O)C1CCCCN1CCSc1ccc(Cl)cc1. The summed E-state index contributed by atoms with van der Waals surface area (Å²) in [6, 6.07) is 7.46. The maximum Gasteiger partial charge on any atom is 0.320 e. The Morgan fingerprint density at radius 1 is 1.35 bits per heavy atom. The van der Waals surface area contributed by atoms with Crippen molar-refractivity contribution in [2.24, 2.45) is 0 Å². The molecule has 20 heavy (non-hydrogen) atoms. The van der Waals surface area contributed by atoms with Gasteiger partial charge in [0.2, 0.25) is 0 Å². The lowest BCUT2D eigenvalue weighted by Gasteiger charge is -2.32. The number of piperidine rings is 1. The number of hydrogen-bond donors (Lipinski definition) is 1. The van der Waals surface area contributed by atoms with Crippen molar-refractivity contribution in [2.75, 3.05) is 18.8 Å². The fourth-order valence-corrected chi connectivity index (χ4v) is 3.37. The minimum atomic E-state index is -0.684. The lowest BCUT2D eigenvalue weighted by Crippen LogP contribution is -2.45. The van der Waals surface area contributed by atoms with Crippen LogP contribution in [0.3, 0.4) is 0 Å². The molecule has 1 N–H and O–H groups in total. The van der Waals surface area contributed by atoms with Crippen LogP contribution in [-0.2, 0) is 4.79 Å². The molecule has 0 saturated carbocycles. The van der Waals surface area contributed by atoms with Crippen LogP contribution in [-0.4, -0.2) is 40.9 Å². The van der Waals surface area contributed by atoms with Gasteiger partial charge >= 0.3 is 5.97 Å². The predicted molar refractivity (Wildman–Crippen MR) is 86.3 cm³/mol. The summed E-state index contributed by atoms with van der Waals surface area (Å²) < 4.78 is 0. The monoisotopic (exact) mass is 335 g/mol. The third-order valence-electron chi connectivity index (χ3n) is 3.36. The van der Waals surface area contributed by atoms with E-state index >= 15 is 0 Å². The van der Waals surface area contributed by atoms with Gasteiger partial charge in [-0.1, -0.05) is 18.0 Å². The van der Waals surface area contributed by atoms with Crippen molar-refractivity contribution in [1.29, 1.82) is 0 Å². The zero-order valence-corrected chi connectivity index (χ0v) is 13.5. The summed E-state index contributed by atoms with van der Waals surface area (Å²) >= 11 is 7.58. The smallest absolute Gasteiger partial charge is 0.320 e. The van der Waals surface area contributed by atoms with E-state index in [-0.39, 0.29) is 18.4 Å². The Morgan fingerprint density at radius 3 is 2.70 bits per heavy atom. The van der Waals surface area contributed by atoms with Gasteiger partial charge in [0.15, 0.2) is 0 Å². The number of aliphatic carboxylic acids is 1. The molecule has 2 rings (SSSR count). The molecule has 1 aromatic rings. The average Bonchev–Trinajstić information content (AvgIpc) is 2.41. The largest absolute Gasteiger partial charge is 0.480 e. The fraction of sp³-hybridized carbons (Fsp3) is 0.500. The molecular weight excluding hydrogens is 317 g/mol. The second-order valence-electron chi connectivity index (χ2n) is 4.69. The summed E-state index contributed by atoms with van der Waals surface area (Å²) in [6.45, 7) is 1.72. The minimum absolute atomic E-state index is 0. The van der Waals surface area contributed by atoms with Crippen LogP contribution in [0.2, 0.25) is 5.02 Å². The first-order valence-electron chi connectivity index (χ1n) is 6.52. The Bertz CT molecular complexity index is 428. The van der Waals surface area contributed by atoms with E-state index < -0.39 is 5.97 Å². The number of carbonyl (C=O) groups is 1. The maximum absolute atomic E-state index is 11.2. The van der Waals surface area contributed by atoms with E-state index in [2.05, 4.69) is 4.90 Å². The van der Waals surface area contributed by atoms with Gasteiger partial charge in [-0.2, -0.15) is 0 Å². The number of halogens is 2. The van der Waals surface area contributed by atoms with Crippen LogP contribution in [0.25, 0.3) is 0 Å². The number of hydrogen-bond acceptors (Lipinski definition) is 3. The lowest BCUT2D eigenvalue weighted by molar-refractivity contribution is -0.144. The molecule has 1 heterocycles. The highest BCUT2D eigenvalue weighted by Crippen LogP contribution is 2.22. The Balaban J connectivity index is 0.00000200. The number of nitrogens with zero attached hydrogens (tertiary/aromatic N) is 1. The minimum Gasteiger partial charge on any atom is -0.480 e. The first kappa shape index (κ1) is 17.6. The average molecular weight is 336 g/mol. The van der Waals surface area contributed by atoms with Crippen LogP contribution in [0.4, 0.5) is 0 Å². The molecule has 1 fully saturated rings. The summed E-state index contributed by atoms with van der Waals surface area (Å²) in [5.74, 6) is 0.224. The molecule has 0 spiro atoms. The second kappa shape index (κ2) is 8.78. The fourth-order valence-electron chi connectivity index (χ4n) is 2.35. The number of benzene rings is 1. The van der Waals surface area contributed by atoms with Crippen LogP contribution < -0.4 is 0 Å². The van der Waals surface area contributed by atoms with Crippen LogP contribution in [0.1, 0.15) is 19.3 Å². The van der Waals surface area contributed by atoms with Gasteiger partial charge in [0.05, 0.1) is 0 Å². The van der Waals surface area contributed by atoms with Crippen LogP contribution in [0.5, 0.6) is 0 Å². The van der Waals surface area contributed by atoms with Gasteiger partial charge in [0.25, 0.3) is 0 Å². The summed E-state index contributed by atoms with van der Waals surface area (Å²) in [6.07, 6.45) is 2.91. The summed E-state index contributed by atoms with van der Waals surface area (Å²) in [4.78, 5) is 14.4. The molecule has 0 radical (unpaired) electrons. The van der Waals surface area contributed by atoms with E-state index in [9.17, 15) is 9.90 Å². The summed E-state index contributed by atoms with van der Waals surface area (Å²) in [5, 5.41) is 9.93. The molecule has 1 saturated heterocycles. The molecule has 0 bridgehead atoms. The number of thioether (sulfide) groups is 1. The van der Waals surface area contributed by atoms with Gasteiger partial charge in [0.1, 0.15) is 6.04 Å². The number of carboxylic acid groups (broad SMARTS) is 1. The molecule has 1 unspecified atom stereocenters. The van der Waals surface area contributed by atoms with Crippen LogP contribution in [0.15, 0.2) is 29.2 Å². The van der Waals surface area contributed by atoms with E-state index in [4.69, 9.17) is 11.6 Å². The maximum atomic E-state index is 11.2.